The van der Waals surface area contributed by atoms with Crippen LogP contribution in [-0.4, -0.2) is 56.1 Å². The number of nitrogens with zero attached hydrogens (tertiary/aromatic N) is 4. The van der Waals surface area contributed by atoms with E-state index in [2.05, 4.69) is 19.7 Å². The van der Waals surface area contributed by atoms with Crippen LogP contribution >= 0.6 is 11.8 Å². The van der Waals surface area contributed by atoms with Crippen LogP contribution in [0.3, 0.4) is 0 Å². The van der Waals surface area contributed by atoms with Crippen LogP contribution < -0.4 is 0 Å². The third-order valence-corrected chi connectivity index (χ3v) is 5.04. The maximum absolute atomic E-state index is 10.7. The standard InChI is InChI=1S/C12H18N4O2S/c1-8-13-14-12(19-7-11(17)18)16(8)10-6-15-4-2-9(10)3-5-15/h9-10H,2-7H2,1H3,(H,17,18). The maximum atomic E-state index is 10.7. The average molecular weight is 282 g/mol. The minimum absolute atomic E-state index is 0.0409. The van der Waals surface area contributed by atoms with Crippen LogP contribution in [0.15, 0.2) is 5.16 Å². The second-order valence-electron chi connectivity index (χ2n) is 5.29. The van der Waals surface area contributed by atoms with Crippen molar-refractivity contribution in [3.05, 3.63) is 5.82 Å². The maximum Gasteiger partial charge on any atom is 0.313 e. The van der Waals surface area contributed by atoms with Crippen molar-refractivity contribution in [1.82, 2.24) is 19.7 Å². The van der Waals surface area contributed by atoms with Gasteiger partial charge in [0.2, 0.25) is 0 Å². The first-order valence-corrected chi connectivity index (χ1v) is 7.62. The molecular formula is C12H18N4O2S. The number of hydrogen-bond donors (Lipinski definition) is 1. The molecule has 0 aromatic carbocycles. The number of aromatic nitrogens is 3. The Morgan fingerprint density at radius 2 is 2.16 bits per heavy atom. The average Bonchev–Trinajstić information content (AvgIpc) is 2.78. The first-order chi connectivity index (χ1) is 9.15. The third-order valence-electron chi connectivity index (χ3n) is 4.11. The summed E-state index contributed by atoms with van der Waals surface area (Å²) in [5.74, 6) is 0.806. The van der Waals surface area contributed by atoms with Crippen molar-refractivity contribution in [2.75, 3.05) is 25.4 Å². The van der Waals surface area contributed by atoms with Gasteiger partial charge in [-0.3, -0.25) is 4.79 Å². The Morgan fingerprint density at radius 1 is 1.42 bits per heavy atom. The molecule has 1 N–H and O–H groups in total. The quantitative estimate of drug-likeness (QED) is 0.832. The smallest absolute Gasteiger partial charge is 0.313 e. The summed E-state index contributed by atoms with van der Waals surface area (Å²) in [4.78, 5) is 13.2. The van der Waals surface area contributed by atoms with Gasteiger partial charge in [-0.05, 0) is 38.8 Å². The summed E-state index contributed by atoms with van der Waals surface area (Å²) in [6.45, 7) is 5.39. The highest BCUT2D eigenvalue weighted by molar-refractivity contribution is 7.99. The van der Waals surface area contributed by atoms with E-state index in [4.69, 9.17) is 5.11 Å². The van der Waals surface area contributed by atoms with Gasteiger partial charge in [0, 0.05) is 6.54 Å². The van der Waals surface area contributed by atoms with Crippen molar-refractivity contribution in [3.63, 3.8) is 0 Å². The second-order valence-corrected chi connectivity index (χ2v) is 6.23. The van der Waals surface area contributed by atoms with E-state index in [1.165, 1.54) is 37.7 Å². The summed E-state index contributed by atoms with van der Waals surface area (Å²) >= 11 is 1.27. The molecule has 0 saturated carbocycles. The SMILES string of the molecule is Cc1nnc(SCC(=O)O)n1C1CN2CCC1CC2. The van der Waals surface area contributed by atoms with Crippen molar-refractivity contribution in [2.45, 2.75) is 31.0 Å². The molecule has 2 bridgehead atoms. The molecule has 4 rings (SSSR count). The van der Waals surface area contributed by atoms with E-state index in [9.17, 15) is 4.79 Å². The van der Waals surface area contributed by atoms with E-state index in [0.717, 1.165) is 17.5 Å². The molecule has 19 heavy (non-hydrogen) atoms. The summed E-state index contributed by atoms with van der Waals surface area (Å²) in [5, 5.41) is 17.8. The lowest BCUT2D eigenvalue weighted by molar-refractivity contribution is -0.133. The number of hydrogen-bond acceptors (Lipinski definition) is 5. The van der Waals surface area contributed by atoms with Crippen LogP contribution in [-0.2, 0) is 4.79 Å². The van der Waals surface area contributed by atoms with Crippen LogP contribution in [0, 0.1) is 12.8 Å². The normalized spacial score (nSPS) is 29.6. The van der Waals surface area contributed by atoms with E-state index < -0.39 is 5.97 Å². The summed E-state index contributed by atoms with van der Waals surface area (Å²) in [5.41, 5.74) is 0. The third kappa shape index (κ3) is 2.49. The molecule has 1 atom stereocenters. The largest absolute Gasteiger partial charge is 0.481 e. The molecule has 1 aromatic rings. The molecule has 0 aliphatic carbocycles. The fourth-order valence-corrected chi connectivity index (χ4v) is 3.94. The Labute approximate surface area is 116 Å². The number of carboxylic acid groups (broad SMARTS) is 1. The Hall–Kier alpha value is -1.08. The van der Waals surface area contributed by atoms with Crippen molar-refractivity contribution in [1.29, 1.82) is 0 Å². The molecule has 3 aliphatic rings. The predicted molar refractivity (Wildman–Crippen MR) is 71.3 cm³/mol. The summed E-state index contributed by atoms with van der Waals surface area (Å²) in [6.07, 6.45) is 2.46. The van der Waals surface area contributed by atoms with Gasteiger partial charge in [0.15, 0.2) is 5.16 Å². The van der Waals surface area contributed by atoms with Crippen molar-refractivity contribution >= 4 is 17.7 Å². The molecule has 3 fully saturated rings. The lowest BCUT2D eigenvalue weighted by Gasteiger charge is -2.45. The van der Waals surface area contributed by atoms with Crippen LogP contribution in [0.4, 0.5) is 0 Å². The first-order valence-electron chi connectivity index (χ1n) is 6.63. The Morgan fingerprint density at radius 3 is 2.74 bits per heavy atom. The van der Waals surface area contributed by atoms with Crippen LogP contribution in [0.25, 0.3) is 0 Å². The monoisotopic (exact) mass is 282 g/mol. The molecule has 3 aliphatic heterocycles. The topological polar surface area (TPSA) is 71.2 Å². The van der Waals surface area contributed by atoms with Gasteiger partial charge < -0.3 is 14.6 Å². The molecule has 1 aromatic heterocycles. The number of carbonyl (C=O) groups is 1. The molecule has 1 unspecified atom stereocenters. The van der Waals surface area contributed by atoms with E-state index in [-0.39, 0.29) is 5.75 Å². The van der Waals surface area contributed by atoms with Gasteiger partial charge in [0.05, 0.1) is 11.8 Å². The van der Waals surface area contributed by atoms with Crippen LogP contribution in [0.2, 0.25) is 0 Å². The minimum atomic E-state index is -0.814. The molecule has 0 radical (unpaired) electrons. The number of aryl methyl sites for hydroxylation is 1. The first kappa shape index (κ1) is 12.9. The highest BCUT2D eigenvalue weighted by Gasteiger charge is 2.37. The number of carboxylic acids is 1. The molecule has 0 spiro atoms. The summed E-state index contributed by atoms with van der Waals surface area (Å²) < 4.78 is 2.16. The number of piperidine rings is 3. The van der Waals surface area contributed by atoms with E-state index in [1.54, 1.807) is 0 Å². The molecular weight excluding hydrogens is 264 g/mol. The zero-order valence-electron chi connectivity index (χ0n) is 10.9. The summed E-state index contributed by atoms with van der Waals surface area (Å²) in [6, 6.07) is 0.411. The molecule has 104 valence electrons. The lowest BCUT2D eigenvalue weighted by atomic mass is 9.84. The number of rotatable bonds is 4. The number of thioether (sulfide) groups is 1. The van der Waals surface area contributed by atoms with Crippen molar-refractivity contribution < 1.29 is 9.90 Å². The predicted octanol–water partition coefficient (Wildman–Crippen LogP) is 1.03. The van der Waals surface area contributed by atoms with Gasteiger partial charge in [-0.1, -0.05) is 11.8 Å². The molecule has 4 heterocycles. The van der Waals surface area contributed by atoms with E-state index in [0.29, 0.717) is 12.0 Å². The van der Waals surface area contributed by atoms with Gasteiger partial charge >= 0.3 is 5.97 Å². The molecule has 3 saturated heterocycles. The number of fused-ring (bicyclic) bond motifs is 3. The van der Waals surface area contributed by atoms with Gasteiger partial charge in [0.25, 0.3) is 0 Å². The Kier molecular flexibility index (Phi) is 3.49. The Balaban J connectivity index is 1.83. The highest BCUT2D eigenvalue weighted by atomic mass is 32.2. The fourth-order valence-electron chi connectivity index (χ4n) is 3.18. The summed E-state index contributed by atoms with van der Waals surface area (Å²) in [7, 11) is 0. The molecule has 6 nitrogen and oxygen atoms in total. The molecule has 7 heteroatoms. The van der Waals surface area contributed by atoms with Crippen LogP contribution in [0.5, 0.6) is 0 Å². The van der Waals surface area contributed by atoms with Gasteiger partial charge in [0.1, 0.15) is 5.82 Å². The zero-order valence-corrected chi connectivity index (χ0v) is 11.8. The minimum Gasteiger partial charge on any atom is -0.481 e. The van der Waals surface area contributed by atoms with Crippen molar-refractivity contribution in [2.24, 2.45) is 5.92 Å². The number of aliphatic carboxylic acids is 1. The van der Waals surface area contributed by atoms with Gasteiger partial charge in [-0.25, -0.2) is 0 Å². The van der Waals surface area contributed by atoms with E-state index in [1.807, 2.05) is 6.92 Å². The highest BCUT2D eigenvalue weighted by Crippen LogP contribution is 2.37. The Bertz CT molecular complexity index is 482. The van der Waals surface area contributed by atoms with Gasteiger partial charge in [-0.15, -0.1) is 10.2 Å². The fraction of sp³-hybridized carbons (Fsp3) is 0.750. The molecule has 0 amide bonds. The van der Waals surface area contributed by atoms with Crippen molar-refractivity contribution in [3.8, 4) is 0 Å². The van der Waals surface area contributed by atoms with Gasteiger partial charge in [-0.2, -0.15) is 0 Å². The van der Waals surface area contributed by atoms with E-state index >= 15 is 0 Å². The second kappa shape index (κ2) is 5.13. The lowest BCUT2D eigenvalue weighted by Crippen LogP contribution is -2.48. The zero-order chi connectivity index (χ0) is 13.4. The van der Waals surface area contributed by atoms with Crippen LogP contribution in [0.1, 0.15) is 24.7 Å².